The highest BCUT2D eigenvalue weighted by molar-refractivity contribution is 6.03. The van der Waals surface area contributed by atoms with Gasteiger partial charge >= 0.3 is 11.9 Å². The van der Waals surface area contributed by atoms with Gasteiger partial charge in [0.05, 0.1) is 24.3 Å². The van der Waals surface area contributed by atoms with Crippen LogP contribution in [0.5, 0.6) is 34.5 Å². The molecule has 0 radical (unpaired) electrons. The van der Waals surface area contributed by atoms with E-state index in [1.165, 1.54) is 51.4 Å². The Morgan fingerprint density at radius 1 is 0.500 bits per heavy atom. The van der Waals surface area contributed by atoms with Crippen LogP contribution in [0.25, 0.3) is 0 Å². The van der Waals surface area contributed by atoms with Gasteiger partial charge in [-0.1, -0.05) is 90.2 Å². The van der Waals surface area contributed by atoms with Crippen LogP contribution in [-0.2, 0) is 9.47 Å². The predicted octanol–water partition coefficient (Wildman–Crippen LogP) is 6.64. The van der Waals surface area contributed by atoms with E-state index in [-0.39, 0.29) is 0 Å². The number of carbonyl (C=O) groups excluding carboxylic acids is 2. The van der Waals surface area contributed by atoms with E-state index < -0.39 is 46.4 Å². The first kappa shape index (κ1) is 34.2. The van der Waals surface area contributed by atoms with Crippen LogP contribution in [0.2, 0.25) is 0 Å². The largest absolute Gasteiger partial charge is 0.502 e. The van der Waals surface area contributed by atoms with Crippen molar-refractivity contribution in [1.82, 2.24) is 0 Å². The van der Waals surface area contributed by atoms with Crippen LogP contribution < -0.4 is 0 Å². The molecule has 0 saturated heterocycles. The zero-order chi connectivity index (χ0) is 29.9. The van der Waals surface area contributed by atoms with Crippen molar-refractivity contribution in [1.29, 1.82) is 0 Å². The number of carbonyl (C=O) groups is 2. The number of phenols is 6. The number of ether oxygens (including phenoxy) is 2. The molecule has 0 heterocycles. The van der Waals surface area contributed by atoms with Gasteiger partial charge in [0.2, 0.25) is 34.5 Å². The Balaban J connectivity index is 0.000000552. The fourth-order valence-corrected chi connectivity index (χ4v) is 3.76. The minimum Gasteiger partial charge on any atom is -0.502 e. The highest BCUT2D eigenvalue weighted by Gasteiger charge is 2.22. The molecule has 10 nitrogen and oxygen atoms in total. The van der Waals surface area contributed by atoms with E-state index >= 15 is 0 Å². The Labute approximate surface area is 235 Å². The van der Waals surface area contributed by atoms with Crippen molar-refractivity contribution in [2.45, 2.75) is 90.9 Å². The van der Waals surface area contributed by atoms with Crippen molar-refractivity contribution in [3.63, 3.8) is 0 Å². The maximum atomic E-state index is 12.4. The summed E-state index contributed by atoms with van der Waals surface area (Å²) >= 11 is 0. The molecular weight excluding hydrogens is 520 g/mol. The van der Waals surface area contributed by atoms with Crippen molar-refractivity contribution in [2.24, 2.45) is 0 Å². The molecule has 0 aliphatic rings. The third-order valence-electron chi connectivity index (χ3n) is 6.17. The number of aromatic hydroxyl groups is 6. The molecule has 0 aliphatic carbocycles. The second kappa shape index (κ2) is 19.3. The molecule has 0 saturated carbocycles. The van der Waals surface area contributed by atoms with Gasteiger partial charge in [-0.05, 0) is 25.0 Å². The topological polar surface area (TPSA) is 174 Å². The third kappa shape index (κ3) is 11.5. The molecular formula is C30H44O10. The molecule has 10 heteroatoms. The minimum absolute atomic E-state index is 0.293. The number of esters is 2. The molecule has 224 valence electrons. The molecule has 0 bridgehead atoms. The first-order valence-electron chi connectivity index (χ1n) is 14.0. The van der Waals surface area contributed by atoms with Gasteiger partial charge in [0.1, 0.15) is 0 Å². The molecule has 40 heavy (non-hydrogen) atoms. The molecule has 2 aromatic carbocycles. The lowest BCUT2D eigenvalue weighted by Gasteiger charge is -2.10. The zero-order valence-electron chi connectivity index (χ0n) is 23.5. The van der Waals surface area contributed by atoms with Crippen LogP contribution >= 0.6 is 0 Å². The lowest BCUT2D eigenvalue weighted by atomic mass is 10.1. The smallest absolute Gasteiger partial charge is 0.339 e. The van der Waals surface area contributed by atoms with E-state index in [0.29, 0.717) is 24.3 Å². The molecule has 0 amide bonds. The third-order valence-corrected chi connectivity index (χ3v) is 6.17. The number of benzene rings is 2. The quantitative estimate of drug-likeness (QED) is 0.0561. The van der Waals surface area contributed by atoms with E-state index in [4.69, 9.17) is 40.1 Å². The van der Waals surface area contributed by atoms with Crippen molar-refractivity contribution in [3.05, 3.63) is 35.4 Å². The maximum Gasteiger partial charge on any atom is 0.339 e. The fourth-order valence-electron chi connectivity index (χ4n) is 3.76. The molecule has 2 aromatic rings. The standard InChI is InChI=1S/C24H38O4.C6H6O6/c1-3-5-7-9-11-15-19-27-23(25)21-17-13-14-18-22(21)24(26)28-20-16-12-10-8-6-4-2;7-1-2(8)4(10)6(12)5(11)3(1)9/h13-14,17-18H,3-12,15-16,19-20H2,1-2H3;7-12H. The van der Waals surface area contributed by atoms with Gasteiger partial charge in [-0.25, -0.2) is 9.59 Å². The van der Waals surface area contributed by atoms with Gasteiger partial charge in [-0.2, -0.15) is 0 Å². The fraction of sp³-hybridized carbons (Fsp3) is 0.533. The van der Waals surface area contributed by atoms with Crippen LogP contribution in [0.3, 0.4) is 0 Å². The lowest BCUT2D eigenvalue weighted by Crippen LogP contribution is -2.15. The zero-order valence-corrected chi connectivity index (χ0v) is 23.5. The van der Waals surface area contributed by atoms with Crippen molar-refractivity contribution >= 4 is 11.9 Å². The van der Waals surface area contributed by atoms with Crippen LogP contribution in [0, 0.1) is 0 Å². The summed E-state index contributed by atoms with van der Waals surface area (Å²) in [6, 6.07) is 6.74. The maximum absolute atomic E-state index is 12.4. The summed E-state index contributed by atoms with van der Waals surface area (Å²) in [6.07, 6.45) is 13.6. The van der Waals surface area contributed by atoms with Crippen LogP contribution in [0.15, 0.2) is 24.3 Å². The molecule has 0 aliphatic heterocycles. The minimum atomic E-state index is -1.09. The van der Waals surface area contributed by atoms with Gasteiger partial charge in [-0.15, -0.1) is 0 Å². The number of phenolic OH excluding ortho intramolecular Hbond substituents is 6. The average Bonchev–Trinajstić information content (AvgIpc) is 2.97. The number of unbranched alkanes of at least 4 members (excludes halogenated alkanes) is 10. The molecule has 0 fully saturated rings. The summed E-state index contributed by atoms with van der Waals surface area (Å²) in [4.78, 5) is 24.7. The highest BCUT2D eigenvalue weighted by atomic mass is 16.5. The SMILES string of the molecule is CCCCCCCCOC(=O)c1ccccc1C(=O)OCCCCCCCC.Oc1c(O)c(O)c(O)c(O)c1O. The van der Waals surface area contributed by atoms with Crippen LogP contribution in [0.4, 0.5) is 0 Å². The Morgan fingerprint density at radius 3 is 1.07 bits per heavy atom. The second-order valence-electron chi connectivity index (χ2n) is 9.44. The normalized spacial score (nSPS) is 10.4. The van der Waals surface area contributed by atoms with Crippen molar-refractivity contribution < 1.29 is 49.7 Å². The van der Waals surface area contributed by atoms with E-state index in [9.17, 15) is 9.59 Å². The molecule has 0 spiro atoms. The first-order chi connectivity index (χ1) is 19.2. The van der Waals surface area contributed by atoms with Gasteiger partial charge in [0.15, 0.2) is 0 Å². The molecule has 2 rings (SSSR count). The van der Waals surface area contributed by atoms with Crippen molar-refractivity contribution in [2.75, 3.05) is 13.2 Å². The predicted molar refractivity (Wildman–Crippen MR) is 150 cm³/mol. The number of rotatable bonds is 16. The summed E-state index contributed by atoms with van der Waals surface area (Å²) in [6.45, 7) is 5.17. The average molecular weight is 565 g/mol. The van der Waals surface area contributed by atoms with Gasteiger partial charge in [-0.3, -0.25) is 0 Å². The van der Waals surface area contributed by atoms with E-state index in [2.05, 4.69) is 13.8 Å². The van der Waals surface area contributed by atoms with Gasteiger partial charge in [0, 0.05) is 0 Å². The Bertz CT molecular complexity index is 897. The molecule has 0 atom stereocenters. The first-order valence-corrected chi connectivity index (χ1v) is 14.0. The molecule has 6 N–H and O–H groups in total. The number of hydrogen-bond acceptors (Lipinski definition) is 10. The summed E-state index contributed by atoms with van der Waals surface area (Å²) in [5.41, 5.74) is 0.586. The highest BCUT2D eigenvalue weighted by Crippen LogP contribution is 2.54. The van der Waals surface area contributed by atoms with Crippen LogP contribution in [-0.4, -0.2) is 55.8 Å². The van der Waals surface area contributed by atoms with Gasteiger partial charge in [0.25, 0.3) is 0 Å². The Kier molecular flexibility index (Phi) is 16.5. The number of hydrogen-bond donors (Lipinski definition) is 6. The Hall–Kier alpha value is -3.82. The summed E-state index contributed by atoms with van der Waals surface area (Å²) < 4.78 is 10.7. The van der Waals surface area contributed by atoms with Crippen molar-refractivity contribution in [3.8, 4) is 34.5 Å². The van der Waals surface area contributed by atoms with E-state index in [1.54, 1.807) is 24.3 Å². The second-order valence-corrected chi connectivity index (χ2v) is 9.44. The lowest BCUT2D eigenvalue weighted by molar-refractivity contribution is 0.0450. The van der Waals surface area contributed by atoms with Crippen LogP contribution in [0.1, 0.15) is 112 Å². The Morgan fingerprint density at radius 2 is 0.775 bits per heavy atom. The molecule has 0 aromatic heterocycles. The van der Waals surface area contributed by atoms with E-state index in [0.717, 1.165) is 25.7 Å². The summed E-state index contributed by atoms with van der Waals surface area (Å²) in [7, 11) is 0. The van der Waals surface area contributed by atoms with E-state index in [1.807, 2.05) is 0 Å². The molecule has 0 unspecified atom stereocenters. The summed E-state index contributed by atoms with van der Waals surface area (Å²) in [5.74, 6) is -7.46. The summed E-state index contributed by atoms with van der Waals surface area (Å²) in [5, 5.41) is 52.6. The van der Waals surface area contributed by atoms with Gasteiger partial charge < -0.3 is 40.1 Å². The monoisotopic (exact) mass is 564 g/mol.